The van der Waals surface area contributed by atoms with E-state index in [1.54, 1.807) is 7.11 Å². The number of ether oxygens (including phenoxy) is 1. The standard InChI is InChI=1S/C22H23N5O2S/c1-29-18-9-5-6-16(14-18)19(20-21(28)27-22(30-20)23-15-24-27)26-12-10-25(11-13-26)17-7-3-2-4-8-17/h2-9,14-15,19,28H,10-13H2,1H3/p+1/t19-/m0/s1. The first-order chi connectivity index (χ1) is 14.7. The van der Waals surface area contributed by atoms with Gasteiger partial charge in [0.2, 0.25) is 10.8 Å². The summed E-state index contributed by atoms with van der Waals surface area (Å²) in [5.41, 5.74) is 2.38. The number of quaternary nitrogens is 1. The Hall–Kier alpha value is -3.10. The van der Waals surface area contributed by atoms with Gasteiger partial charge >= 0.3 is 0 Å². The predicted molar refractivity (Wildman–Crippen MR) is 117 cm³/mol. The topological polar surface area (TPSA) is 67.3 Å². The van der Waals surface area contributed by atoms with Crippen LogP contribution in [0.2, 0.25) is 0 Å². The number of nitrogens with zero attached hydrogens (tertiary/aromatic N) is 4. The number of anilines is 1. The molecule has 8 heteroatoms. The van der Waals surface area contributed by atoms with Gasteiger partial charge in [-0.25, -0.2) is 4.98 Å². The molecule has 3 heterocycles. The van der Waals surface area contributed by atoms with Crippen molar-refractivity contribution in [3.05, 3.63) is 71.4 Å². The number of benzene rings is 2. The van der Waals surface area contributed by atoms with Crippen molar-refractivity contribution >= 4 is 22.0 Å². The van der Waals surface area contributed by atoms with Gasteiger partial charge < -0.3 is 19.6 Å². The van der Waals surface area contributed by atoms with Gasteiger partial charge in [0.1, 0.15) is 17.0 Å². The Bertz CT molecular complexity index is 1130. The summed E-state index contributed by atoms with van der Waals surface area (Å²) < 4.78 is 6.99. The number of thiazole rings is 1. The van der Waals surface area contributed by atoms with Gasteiger partial charge in [-0.05, 0) is 24.3 Å². The van der Waals surface area contributed by atoms with Gasteiger partial charge in [0, 0.05) is 11.3 Å². The average molecular weight is 423 g/mol. The molecule has 0 aliphatic carbocycles. The zero-order valence-corrected chi connectivity index (χ0v) is 17.5. The summed E-state index contributed by atoms with van der Waals surface area (Å²) >= 11 is 1.50. The maximum atomic E-state index is 10.9. The molecule has 1 saturated heterocycles. The van der Waals surface area contributed by atoms with Gasteiger partial charge in [0.15, 0.2) is 6.04 Å². The predicted octanol–water partition coefficient (Wildman–Crippen LogP) is 2.00. The van der Waals surface area contributed by atoms with Crippen molar-refractivity contribution in [2.75, 3.05) is 38.2 Å². The van der Waals surface area contributed by atoms with Gasteiger partial charge in [-0.3, -0.25) is 0 Å². The van der Waals surface area contributed by atoms with Gasteiger partial charge in [0.25, 0.3) is 0 Å². The molecule has 0 unspecified atom stereocenters. The van der Waals surface area contributed by atoms with Crippen LogP contribution in [0.25, 0.3) is 4.96 Å². The third kappa shape index (κ3) is 3.38. The van der Waals surface area contributed by atoms with E-state index in [1.165, 1.54) is 32.8 Å². The largest absolute Gasteiger partial charge is 0.497 e. The van der Waals surface area contributed by atoms with Crippen LogP contribution in [0.5, 0.6) is 11.6 Å². The van der Waals surface area contributed by atoms with E-state index in [0.29, 0.717) is 4.96 Å². The fourth-order valence-corrected chi connectivity index (χ4v) is 5.37. The normalized spacial score (nSPS) is 16.1. The molecule has 0 bridgehead atoms. The highest BCUT2D eigenvalue weighted by Gasteiger charge is 2.35. The van der Waals surface area contributed by atoms with Crippen molar-refractivity contribution in [3.63, 3.8) is 0 Å². The van der Waals surface area contributed by atoms with Crippen LogP contribution in [0.3, 0.4) is 0 Å². The third-order valence-electron chi connectivity index (χ3n) is 5.76. The number of rotatable bonds is 5. The Kier molecular flexibility index (Phi) is 5.02. The lowest BCUT2D eigenvalue weighted by atomic mass is 10.0. The van der Waals surface area contributed by atoms with Crippen LogP contribution in [-0.4, -0.2) is 53.0 Å². The van der Waals surface area contributed by atoms with E-state index < -0.39 is 0 Å². The molecule has 154 valence electrons. The first-order valence-electron chi connectivity index (χ1n) is 10.0. The summed E-state index contributed by atoms with van der Waals surface area (Å²) in [4.78, 5) is 9.71. The highest BCUT2D eigenvalue weighted by Crippen LogP contribution is 2.35. The molecule has 0 spiro atoms. The van der Waals surface area contributed by atoms with Crippen molar-refractivity contribution in [3.8, 4) is 11.6 Å². The molecular formula is C22H24N5O2S+. The molecule has 2 N–H and O–H groups in total. The average Bonchev–Trinajstić information content (AvgIpc) is 3.39. The summed E-state index contributed by atoms with van der Waals surface area (Å²) in [5, 5.41) is 15.1. The molecular weight excluding hydrogens is 398 g/mol. The second-order valence-corrected chi connectivity index (χ2v) is 8.44. The molecule has 2 aromatic heterocycles. The van der Waals surface area contributed by atoms with E-state index in [4.69, 9.17) is 4.74 Å². The van der Waals surface area contributed by atoms with E-state index in [-0.39, 0.29) is 11.9 Å². The summed E-state index contributed by atoms with van der Waals surface area (Å²) in [6, 6.07) is 18.7. The minimum Gasteiger partial charge on any atom is -0.497 e. The molecule has 1 fully saturated rings. The van der Waals surface area contributed by atoms with Crippen LogP contribution in [0.1, 0.15) is 16.5 Å². The Labute approximate surface area is 178 Å². The summed E-state index contributed by atoms with van der Waals surface area (Å²) in [5.74, 6) is 0.997. The van der Waals surface area contributed by atoms with Crippen molar-refractivity contribution in [1.82, 2.24) is 14.6 Å². The summed E-state index contributed by atoms with van der Waals surface area (Å²) in [7, 11) is 1.68. The molecule has 0 saturated carbocycles. The number of fused-ring (bicyclic) bond motifs is 1. The zero-order valence-electron chi connectivity index (χ0n) is 16.7. The third-order valence-corrected chi connectivity index (χ3v) is 6.86. The Morgan fingerprint density at radius 3 is 2.63 bits per heavy atom. The van der Waals surface area contributed by atoms with Crippen LogP contribution in [0.15, 0.2) is 60.9 Å². The minimum absolute atomic E-state index is 0.00785. The fraction of sp³-hybridized carbons (Fsp3) is 0.273. The van der Waals surface area contributed by atoms with Crippen LogP contribution in [0.4, 0.5) is 5.69 Å². The molecule has 4 aromatic rings. The van der Waals surface area contributed by atoms with E-state index in [2.05, 4.69) is 51.4 Å². The Morgan fingerprint density at radius 1 is 1.10 bits per heavy atom. The number of nitrogens with one attached hydrogen (secondary N) is 1. The molecule has 7 nitrogen and oxygen atoms in total. The highest BCUT2D eigenvalue weighted by atomic mass is 32.1. The second-order valence-electron chi connectivity index (χ2n) is 7.43. The van der Waals surface area contributed by atoms with Crippen molar-refractivity contribution in [1.29, 1.82) is 0 Å². The van der Waals surface area contributed by atoms with Crippen molar-refractivity contribution in [2.45, 2.75) is 6.04 Å². The number of aromatic hydroxyl groups is 1. The molecule has 0 amide bonds. The molecule has 30 heavy (non-hydrogen) atoms. The Morgan fingerprint density at radius 2 is 1.90 bits per heavy atom. The molecule has 1 atom stereocenters. The van der Waals surface area contributed by atoms with E-state index in [1.807, 2.05) is 18.2 Å². The number of para-hydroxylation sites is 1. The zero-order chi connectivity index (χ0) is 20.5. The molecule has 2 aromatic carbocycles. The second kappa shape index (κ2) is 7.97. The minimum atomic E-state index is -0.00785. The maximum absolute atomic E-state index is 10.9. The van der Waals surface area contributed by atoms with Gasteiger partial charge in [-0.1, -0.05) is 41.7 Å². The van der Waals surface area contributed by atoms with Crippen LogP contribution >= 0.6 is 11.3 Å². The van der Waals surface area contributed by atoms with E-state index >= 15 is 0 Å². The van der Waals surface area contributed by atoms with Crippen molar-refractivity contribution < 1.29 is 14.7 Å². The number of hydrogen-bond acceptors (Lipinski definition) is 6. The quantitative estimate of drug-likeness (QED) is 0.515. The Balaban J connectivity index is 1.49. The number of hydrogen-bond donors (Lipinski definition) is 2. The lowest BCUT2D eigenvalue weighted by Gasteiger charge is -2.37. The lowest BCUT2D eigenvalue weighted by Crippen LogP contribution is -3.15. The van der Waals surface area contributed by atoms with Gasteiger partial charge in [-0.15, -0.1) is 0 Å². The van der Waals surface area contributed by atoms with Crippen LogP contribution in [-0.2, 0) is 0 Å². The fourth-order valence-electron chi connectivity index (χ4n) is 4.26. The lowest BCUT2D eigenvalue weighted by molar-refractivity contribution is -0.925. The van der Waals surface area contributed by atoms with E-state index in [0.717, 1.165) is 42.4 Å². The van der Waals surface area contributed by atoms with Gasteiger partial charge in [0.05, 0.1) is 33.3 Å². The number of piperazine rings is 1. The summed E-state index contributed by atoms with van der Waals surface area (Å²) in [6.45, 7) is 3.84. The monoisotopic (exact) mass is 422 g/mol. The smallest absolute Gasteiger partial charge is 0.235 e. The van der Waals surface area contributed by atoms with Crippen LogP contribution < -0.4 is 14.5 Å². The molecule has 1 aliphatic rings. The number of methoxy groups -OCH3 is 1. The molecule has 0 radical (unpaired) electrons. The molecule has 5 rings (SSSR count). The van der Waals surface area contributed by atoms with E-state index in [9.17, 15) is 5.11 Å². The summed E-state index contributed by atoms with van der Waals surface area (Å²) in [6.07, 6.45) is 1.47. The maximum Gasteiger partial charge on any atom is 0.235 e. The first kappa shape index (κ1) is 18.9. The van der Waals surface area contributed by atoms with Crippen LogP contribution in [0, 0.1) is 0 Å². The van der Waals surface area contributed by atoms with Gasteiger partial charge in [-0.2, -0.15) is 9.61 Å². The number of aromatic nitrogens is 3. The first-order valence-corrected chi connectivity index (χ1v) is 10.9. The highest BCUT2D eigenvalue weighted by molar-refractivity contribution is 7.17. The van der Waals surface area contributed by atoms with Crippen molar-refractivity contribution in [2.24, 2.45) is 0 Å². The SMILES string of the molecule is COc1cccc([C@@H](c2sc3ncnn3c2O)[NH+]2CCN(c3ccccc3)CC2)c1. The molecule has 1 aliphatic heterocycles.